The van der Waals surface area contributed by atoms with Gasteiger partial charge in [-0.3, -0.25) is 10.1 Å². The average Bonchev–Trinajstić information content (AvgIpc) is 2.50. The van der Waals surface area contributed by atoms with Crippen LogP contribution in [-0.2, 0) is 10.9 Å². The van der Waals surface area contributed by atoms with Crippen molar-refractivity contribution >= 4 is 11.4 Å². The molecular formula is C17H23F3N2O3. The molecule has 5 nitrogen and oxygen atoms in total. The van der Waals surface area contributed by atoms with Gasteiger partial charge in [-0.25, -0.2) is 0 Å². The van der Waals surface area contributed by atoms with Crippen LogP contribution in [0.2, 0.25) is 0 Å². The zero-order chi connectivity index (χ0) is 18.6. The SMILES string of the molecule is CCCC(CC)OC1CC(Nc2ccc([N+](=O)[O-])c(C(F)(F)F)c2)C1. The minimum Gasteiger partial charge on any atom is -0.382 e. The van der Waals surface area contributed by atoms with Crippen molar-refractivity contribution in [1.82, 2.24) is 0 Å². The molecule has 1 aromatic rings. The maximum atomic E-state index is 13.0. The molecule has 1 unspecified atom stereocenters. The summed E-state index contributed by atoms with van der Waals surface area (Å²) in [6.45, 7) is 4.17. The molecule has 0 bridgehead atoms. The first-order valence-electron chi connectivity index (χ1n) is 8.52. The monoisotopic (exact) mass is 360 g/mol. The Kier molecular flexibility index (Phi) is 6.26. The highest BCUT2D eigenvalue weighted by atomic mass is 19.4. The van der Waals surface area contributed by atoms with Crippen molar-refractivity contribution in [2.75, 3.05) is 5.32 Å². The van der Waals surface area contributed by atoms with Crippen LogP contribution in [0, 0.1) is 10.1 Å². The van der Waals surface area contributed by atoms with Crippen molar-refractivity contribution < 1.29 is 22.8 Å². The number of rotatable bonds is 8. The summed E-state index contributed by atoms with van der Waals surface area (Å²) < 4.78 is 44.9. The Morgan fingerprint density at radius 1 is 1.36 bits per heavy atom. The van der Waals surface area contributed by atoms with E-state index in [1.54, 1.807) is 0 Å². The Labute approximate surface area is 144 Å². The minimum absolute atomic E-state index is 0.0201. The lowest BCUT2D eigenvalue weighted by Gasteiger charge is -2.38. The summed E-state index contributed by atoms with van der Waals surface area (Å²) >= 11 is 0. The van der Waals surface area contributed by atoms with Crippen LogP contribution >= 0.6 is 0 Å². The maximum absolute atomic E-state index is 13.0. The van der Waals surface area contributed by atoms with E-state index in [1.165, 1.54) is 6.07 Å². The molecule has 140 valence electrons. The third kappa shape index (κ3) is 5.07. The molecule has 0 heterocycles. The Balaban J connectivity index is 1.95. The van der Waals surface area contributed by atoms with Gasteiger partial charge >= 0.3 is 6.18 Å². The first kappa shape index (κ1) is 19.5. The molecule has 8 heteroatoms. The summed E-state index contributed by atoms with van der Waals surface area (Å²) in [4.78, 5) is 9.75. The topological polar surface area (TPSA) is 64.4 Å². The van der Waals surface area contributed by atoms with Crippen molar-refractivity contribution in [2.24, 2.45) is 0 Å². The minimum atomic E-state index is -4.76. The molecule has 0 aliphatic heterocycles. The number of ether oxygens (including phenoxy) is 1. The van der Waals surface area contributed by atoms with E-state index in [0.29, 0.717) is 0 Å². The van der Waals surface area contributed by atoms with E-state index in [4.69, 9.17) is 4.74 Å². The fraction of sp³-hybridized carbons (Fsp3) is 0.647. The van der Waals surface area contributed by atoms with E-state index in [0.717, 1.165) is 44.2 Å². The van der Waals surface area contributed by atoms with Crippen LogP contribution in [0.4, 0.5) is 24.5 Å². The number of nitrogens with one attached hydrogen (secondary N) is 1. The van der Waals surface area contributed by atoms with Gasteiger partial charge in [0.25, 0.3) is 5.69 Å². The number of hydrogen-bond donors (Lipinski definition) is 1. The standard InChI is InChI=1S/C17H23F3N2O3/c1-3-5-13(4-2)25-14-8-12(9-14)21-11-6-7-16(22(23)24)15(10-11)17(18,19)20/h6-7,10,12-14,21H,3-5,8-9H2,1-2H3. The molecule has 1 aliphatic carbocycles. The van der Waals surface area contributed by atoms with Crippen molar-refractivity contribution in [1.29, 1.82) is 0 Å². The second kappa shape index (κ2) is 8.03. The van der Waals surface area contributed by atoms with Crippen LogP contribution in [0.5, 0.6) is 0 Å². The van der Waals surface area contributed by atoms with E-state index in [-0.39, 0.29) is 23.9 Å². The summed E-state index contributed by atoms with van der Waals surface area (Å²) in [5.41, 5.74) is -1.93. The molecule has 2 rings (SSSR count). The summed E-state index contributed by atoms with van der Waals surface area (Å²) in [6.07, 6.45) is 0.0240. The number of nitrogens with zero attached hydrogens (tertiary/aromatic N) is 1. The van der Waals surface area contributed by atoms with Crippen molar-refractivity contribution in [3.8, 4) is 0 Å². The molecule has 1 aromatic carbocycles. The third-order valence-electron chi connectivity index (χ3n) is 4.42. The number of nitro benzene ring substituents is 1. The van der Waals surface area contributed by atoms with Gasteiger partial charge < -0.3 is 10.1 Å². The fourth-order valence-corrected chi connectivity index (χ4v) is 3.00. The number of nitro groups is 1. The molecule has 0 spiro atoms. The zero-order valence-electron chi connectivity index (χ0n) is 14.3. The van der Waals surface area contributed by atoms with Crippen LogP contribution in [0.25, 0.3) is 0 Å². The second-order valence-electron chi connectivity index (χ2n) is 6.38. The van der Waals surface area contributed by atoms with E-state index >= 15 is 0 Å². The lowest BCUT2D eigenvalue weighted by molar-refractivity contribution is -0.388. The van der Waals surface area contributed by atoms with Gasteiger partial charge in [0.1, 0.15) is 5.56 Å². The van der Waals surface area contributed by atoms with Gasteiger partial charge in [-0.2, -0.15) is 13.2 Å². The van der Waals surface area contributed by atoms with Crippen molar-refractivity contribution in [3.05, 3.63) is 33.9 Å². The molecule has 1 aliphatic rings. The molecule has 1 fully saturated rings. The molecule has 0 aromatic heterocycles. The van der Waals surface area contributed by atoms with E-state index in [1.807, 2.05) is 0 Å². The summed E-state index contributed by atoms with van der Waals surface area (Å²) in [6, 6.07) is 3.03. The highest BCUT2D eigenvalue weighted by Gasteiger charge is 2.39. The van der Waals surface area contributed by atoms with Gasteiger partial charge in [0.05, 0.1) is 17.1 Å². The quantitative estimate of drug-likeness (QED) is 0.514. The van der Waals surface area contributed by atoms with Crippen LogP contribution in [0.15, 0.2) is 18.2 Å². The van der Waals surface area contributed by atoms with Gasteiger partial charge in [0.15, 0.2) is 0 Å². The van der Waals surface area contributed by atoms with Crippen LogP contribution in [-0.4, -0.2) is 23.2 Å². The van der Waals surface area contributed by atoms with Gasteiger partial charge in [0, 0.05) is 17.8 Å². The number of benzene rings is 1. The van der Waals surface area contributed by atoms with Crippen LogP contribution < -0.4 is 5.32 Å². The van der Waals surface area contributed by atoms with E-state index in [2.05, 4.69) is 19.2 Å². The highest BCUT2D eigenvalue weighted by molar-refractivity contribution is 5.55. The van der Waals surface area contributed by atoms with E-state index < -0.39 is 22.4 Å². The lowest BCUT2D eigenvalue weighted by atomic mass is 9.88. The number of hydrogen-bond acceptors (Lipinski definition) is 4. The lowest BCUT2D eigenvalue weighted by Crippen LogP contribution is -2.42. The molecule has 25 heavy (non-hydrogen) atoms. The maximum Gasteiger partial charge on any atom is 0.423 e. The second-order valence-corrected chi connectivity index (χ2v) is 6.38. The zero-order valence-corrected chi connectivity index (χ0v) is 14.3. The fourth-order valence-electron chi connectivity index (χ4n) is 3.00. The molecule has 0 saturated heterocycles. The summed E-state index contributed by atoms with van der Waals surface area (Å²) in [5.74, 6) is 0. The Bertz CT molecular complexity index is 601. The average molecular weight is 360 g/mol. The predicted octanol–water partition coefficient (Wildman–Crippen LogP) is 5.15. The van der Waals surface area contributed by atoms with Crippen molar-refractivity contribution in [3.63, 3.8) is 0 Å². The van der Waals surface area contributed by atoms with Gasteiger partial charge in [-0.05, 0) is 37.8 Å². The van der Waals surface area contributed by atoms with Crippen LogP contribution in [0.3, 0.4) is 0 Å². The van der Waals surface area contributed by atoms with Crippen LogP contribution in [0.1, 0.15) is 51.5 Å². The molecule has 1 N–H and O–H groups in total. The largest absolute Gasteiger partial charge is 0.423 e. The van der Waals surface area contributed by atoms with E-state index in [9.17, 15) is 23.3 Å². The summed E-state index contributed by atoms with van der Waals surface area (Å²) in [5, 5.41) is 13.8. The predicted molar refractivity (Wildman–Crippen MR) is 88.6 cm³/mol. The Morgan fingerprint density at radius 3 is 2.56 bits per heavy atom. The molecule has 0 amide bonds. The van der Waals surface area contributed by atoms with Gasteiger partial charge in [-0.1, -0.05) is 20.3 Å². The smallest absolute Gasteiger partial charge is 0.382 e. The number of alkyl halides is 3. The van der Waals surface area contributed by atoms with Gasteiger partial charge in [-0.15, -0.1) is 0 Å². The third-order valence-corrected chi connectivity index (χ3v) is 4.42. The number of halogens is 3. The first-order valence-corrected chi connectivity index (χ1v) is 8.52. The first-order chi connectivity index (χ1) is 11.7. The molecular weight excluding hydrogens is 337 g/mol. The normalized spacial score (nSPS) is 21.5. The highest BCUT2D eigenvalue weighted by Crippen LogP contribution is 2.38. The molecule has 1 atom stereocenters. The number of anilines is 1. The Hall–Kier alpha value is -1.83. The van der Waals surface area contributed by atoms with Crippen molar-refractivity contribution in [2.45, 2.75) is 70.4 Å². The van der Waals surface area contributed by atoms with Gasteiger partial charge in [0.2, 0.25) is 0 Å². The molecule has 1 saturated carbocycles. The summed E-state index contributed by atoms with van der Waals surface area (Å²) in [7, 11) is 0. The molecule has 0 radical (unpaired) electrons. The Morgan fingerprint density at radius 2 is 2.04 bits per heavy atom.